The first-order valence-electron chi connectivity index (χ1n) is 5.21. The minimum atomic E-state index is -0.0180. The van der Waals surface area contributed by atoms with Gasteiger partial charge >= 0.3 is 0 Å². The van der Waals surface area contributed by atoms with E-state index in [1.54, 1.807) is 0 Å². The van der Waals surface area contributed by atoms with Gasteiger partial charge in [0.2, 0.25) is 6.41 Å². The molecular formula is C12H17NO2. The van der Waals surface area contributed by atoms with Crippen LogP contribution in [0.15, 0.2) is 24.3 Å². The summed E-state index contributed by atoms with van der Waals surface area (Å²) in [5.74, 6) is 0.848. The Morgan fingerprint density at radius 3 is 2.87 bits per heavy atom. The van der Waals surface area contributed by atoms with Gasteiger partial charge in [-0.25, -0.2) is 0 Å². The maximum Gasteiger partial charge on any atom is 0.207 e. The van der Waals surface area contributed by atoms with Crippen LogP contribution in [0.1, 0.15) is 31.9 Å². The molecule has 1 aromatic rings. The Bertz CT molecular complexity index is 312. The first-order valence-corrected chi connectivity index (χ1v) is 5.21. The summed E-state index contributed by atoms with van der Waals surface area (Å²) in [6, 6.07) is 7.75. The number of hydrogen-bond acceptors (Lipinski definition) is 2. The quantitative estimate of drug-likeness (QED) is 0.727. The van der Waals surface area contributed by atoms with Crippen molar-refractivity contribution in [1.82, 2.24) is 5.32 Å². The van der Waals surface area contributed by atoms with Crippen LogP contribution >= 0.6 is 0 Å². The summed E-state index contributed by atoms with van der Waals surface area (Å²) in [6.07, 6.45) is 1.69. The second-order valence-corrected chi connectivity index (χ2v) is 3.39. The molecule has 1 N–H and O–H groups in total. The second kappa shape index (κ2) is 6.06. The molecule has 3 nitrogen and oxygen atoms in total. The van der Waals surface area contributed by atoms with Crippen molar-refractivity contribution in [3.63, 3.8) is 0 Å². The SMILES string of the molecule is CCCOc1ccccc1C(C)NC=O. The van der Waals surface area contributed by atoms with E-state index in [1.165, 1.54) is 0 Å². The highest BCUT2D eigenvalue weighted by atomic mass is 16.5. The van der Waals surface area contributed by atoms with Crippen LogP contribution in [-0.4, -0.2) is 13.0 Å². The van der Waals surface area contributed by atoms with Gasteiger partial charge in [0, 0.05) is 5.56 Å². The zero-order chi connectivity index (χ0) is 11.1. The topological polar surface area (TPSA) is 38.3 Å². The van der Waals surface area contributed by atoms with Crippen molar-refractivity contribution >= 4 is 6.41 Å². The molecule has 1 atom stereocenters. The lowest BCUT2D eigenvalue weighted by atomic mass is 10.1. The van der Waals surface area contributed by atoms with Crippen molar-refractivity contribution in [2.45, 2.75) is 26.3 Å². The van der Waals surface area contributed by atoms with Crippen LogP contribution < -0.4 is 10.1 Å². The van der Waals surface area contributed by atoms with Crippen LogP contribution in [0.4, 0.5) is 0 Å². The Morgan fingerprint density at radius 2 is 2.20 bits per heavy atom. The van der Waals surface area contributed by atoms with Gasteiger partial charge in [0.25, 0.3) is 0 Å². The number of carbonyl (C=O) groups is 1. The number of hydrogen-bond donors (Lipinski definition) is 1. The van der Waals surface area contributed by atoms with Gasteiger partial charge in [-0.15, -0.1) is 0 Å². The number of amides is 1. The van der Waals surface area contributed by atoms with Crippen LogP contribution in [0.25, 0.3) is 0 Å². The summed E-state index contributed by atoms with van der Waals surface area (Å²) in [5.41, 5.74) is 1.01. The number of ether oxygens (including phenoxy) is 1. The molecule has 0 aliphatic heterocycles. The molecule has 1 rings (SSSR count). The molecule has 0 fully saturated rings. The predicted octanol–water partition coefficient (Wildman–Crippen LogP) is 2.28. The Labute approximate surface area is 90.4 Å². The van der Waals surface area contributed by atoms with E-state index in [0.717, 1.165) is 17.7 Å². The first kappa shape index (κ1) is 11.6. The fourth-order valence-electron chi connectivity index (χ4n) is 1.37. The molecule has 1 unspecified atom stereocenters. The normalized spacial score (nSPS) is 11.9. The van der Waals surface area contributed by atoms with E-state index in [2.05, 4.69) is 12.2 Å². The van der Waals surface area contributed by atoms with Crippen LogP contribution in [0, 0.1) is 0 Å². The number of rotatable bonds is 6. The van der Waals surface area contributed by atoms with Crippen molar-refractivity contribution in [1.29, 1.82) is 0 Å². The smallest absolute Gasteiger partial charge is 0.207 e. The van der Waals surface area contributed by atoms with Crippen molar-refractivity contribution < 1.29 is 9.53 Å². The minimum absolute atomic E-state index is 0.0180. The largest absolute Gasteiger partial charge is 0.493 e. The van der Waals surface area contributed by atoms with Gasteiger partial charge in [0.1, 0.15) is 5.75 Å². The van der Waals surface area contributed by atoms with E-state index >= 15 is 0 Å². The average molecular weight is 207 g/mol. The molecule has 1 amide bonds. The monoisotopic (exact) mass is 207 g/mol. The molecule has 3 heteroatoms. The molecule has 82 valence electrons. The van der Waals surface area contributed by atoms with Crippen LogP contribution in [0.3, 0.4) is 0 Å². The molecule has 0 saturated heterocycles. The lowest BCUT2D eigenvalue weighted by molar-refractivity contribution is -0.110. The van der Waals surface area contributed by atoms with Gasteiger partial charge in [-0.3, -0.25) is 4.79 Å². The van der Waals surface area contributed by atoms with Gasteiger partial charge in [-0.05, 0) is 19.4 Å². The van der Waals surface area contributed by atoms with Crippen molar-refractivity contribution in [2.24, 2.45) is 0 Å². The average Bonchev–Trinajstić information content (AvgIpc) is 2.27. The fraction of sp³-hybridized carbons (Fsp3) is 0.417. The Balaban J connectivity index is 2.80. The first-order chi connectivity index (χ1) is 7.29. The molecule has 1 aromatic carbocycles. The summed E-state index contributed by atoms with van der Waals surface area (Å²) in [7, 11) is 0. The third-order valence-corrected chi connectivity index (χ3v) is 2.17. The number of para-hydroxylation sites is 1. The highest BCUT2D eigenvalue weighted by molar-refractivity contribution is 5.49. The van der Waals surface area contributed by atoms with E-state index in [4.69, 9.17) is 4.74 Å². The molecular weight excluding hydrogens is 190 g/mol. The van der Waals surface area contributed by atoms with E-state index in [-0.39, 0.29) is 6.04 Å². The van der Waals surface area contributed by atoms with Crippen molar-refractivity contribution in [3.8, 4) is 5.75 Å². The summed E-state index contributed by atoms with van der Waals surface area (Å²) in [6.45, 7) is 4.70. The zero-order valence-corrected chi connectivity index (χ0v) is 9.19. The van der Waals surface area contributed by atoms with E-state index < -0.39 is 0 Å². The van der Waals surface area contributed by atoms with Gasteiger partial charge in [-0.2, -0.15) is 0 Å². The van der Waals surface area contributed by atoms with Crippen LogP contribution in [0.2, 0.25) is 0 Å². The highest BCUT2D eigenvalue weighted by Gasteiger charge is 2.09. The van der Waals surface area contributed by atoms with Crippen molar-refractivity contribution in [3.05, 3.63) is 29.8 Å². The maximum absolute atomic E-state index is 10.4. The standard InChI is InChI=1S/C12H17NO2/c1-3-8-15-12-7-5-4-6-11(12)10(2)13-9-14/h4-7,9-10H,3,8H2,1-2H3,(H,13,14). The Kier molecular flexibility index (Phi) is 4.68. The van der Waals surface area contributed by atoms with E-state index in [1.807, 2.05) is 31.2 Å². The summed E-state index contributed by atoms with van der Waals surface area (Å²) in [5, 5.41) is 2.72. The molecule has 0 aromatic heterocycles. The third-order valence-electron chi connectivity index (χ3n) is 2.17. The highest BCUT2D eigenvalue weighted by Crippen LogP contribution is 2.24. The molecule has 0 saturated carbocycles. The minimum Gasteiger partial charge on any atom is -0.493 e. The lowest BCUT2D eigenvalue weighted by Gasteiger charge is -2.15. The molecule has 0 radical (unpaired) electrons. The van der Waals surface area contributed by atoms with E-state index in [9.17, 15) is 4.79 Å². The van der Waals surface area contributed by atoms with Crippen molar-refractivity contribution in [2.75, 3.05) is 6.61 Å². The van der Waals surface area contributed by atoms with Crippen LogP contribution in [0.5, 0.6) is 5.75 Å². The number of carbonyl (C=O) groups excluding carboxylic acids is 1. The number of nitrogens with one attached hydrogen (secondary N) is 1. The molecule has 0 heterocycles. The molecule has 0 spiro atoms. The molecule has 0 aliphatic carbocycles. The number of benzene rings is 1. The molecule has 0 aliphatic rings. The molecule has 15 heavy (non-hydrogen) atoms. The van der Waals surface area contributed by atoms with E-state index in [0.29, 0.717) is 13.0 Å². The van der Waals surface area contributed by atoms with Gasteiger partial charge in [-0.1, -0.05) is 25.1 Å². The maximum atomic E-state index is 10.4. The third kappa shape index (κ3) is 3.27. The summed E-state index contributed by atoms with van der Waals surface area (Å²) >= 11 is 0. The van der Waals surface area contributed by atoms with Gasteiger partial charge < -0.3 is 10.1 Å². The van der Waals surface area contributed by atoms with Gasteiger partial charge in [0.05, 0.1) is 12.6 Å². The lowest BCUT2D eigenvalue weighted by Crippen LogP contribution is -2.17. The fourth-order valence-corrected chi connectivity index (χ4v) is 1.37. The van der Waals surface area contributed by atoms with Crippen LogP contribution in [-0.2, 0) is 4.79 Å². The predicted molar refractivity (Wildman–Crippen MR) is 59.8 cm³/mol. The molecule has 0 bridgehead atoms. The second-order valence-electron chi connectivity index (χ2n) is 3.39. The summed E-state index contributed by atoms with van der Waals surface area (Å²) in [4.78, 5) is 10.4. The zero-order valence-electron chi connectivity index (χ0n) is 9.19. The Hall–Kier alpha value is -1.51. The Morgan fingerprint density at radius 1 is 1.47 bits per heavy atom. The van der Waals surface area contributed by atoms with Gasteiger partial charge in [0.15, 0.2) is 0 Å². The summed E-state index contributed by atoms with van der Waals surface area (Å²) < 4.78 is 5.60.